The van der Waals surface area contributed by atoms with Crippen LogP contribution in [0.3, 0.4) is 0 Å². The first-order chi connectivity index (χ1) is 6.43. The standard InChI is InChI=1S/C12H17N/c13-11-7-2-1-4-8-12-9-5-3-6-10-12/h1-3,5-6,9-10H,4,7-8,11,13H2/b2-1+. The maximum Gasteiger partial charge on any atom is -0.00426 e. The van der Waals surface area contributed by atoms with Gasteiger partial charge in [0.25, 0.3) is 0 Å². The van der Waals surface area contributed by atoms with Gasteiger partial charge in [-0.25, -0.2) is 0 Å². The van der Waals surface area contributed by atoms with Gasteiger partial charge in [-0.05, 0) is 31.4 Å². The molecule has 13 heavy (non-hydrogen) atoms. The lowest BCUT2D eigenvalue weighted by Crippen LogP contribution is -1.95. The Morgan fingerprint density at radius 1 is 1.00 bits per heavy atom. The monoisotopic (exact) mass is 175 g/mol. The first-order valence-electron chi connectivity index (χ1n) is 4.82. The maximum absolute atomic E-state index is 5.37. The molecule has 0 aliphatic rings. The van der Waals surface area contributed by atoms with Crippen LogP contribution in [0.4, 0.5) is 0 Å². The van der Waals surface area contributed by atoms with Gasteiger partial charge in [0.05, 0.1) is 0 Å². The quantitative estimate of drug-likeness (QED) is 0.684. The van der Waals surface area contributed by atoms with Crippen LogP contribution >= 0.6 is 0 Å². The van der Waals surface area contributed by atoms with Crippen LogP contribution < -0.4 is 5.73 Å². The lowest BCUT2D eigenvalue weighted by atomic mass is 10.1. The van der Waals surface area contributed by atoms with Gasteiger partial charge in [-0.3, -0.25) is 0 Å². The number of rotatable bonds is 5. The Morgan fingerprint density at radius 3 is 2.38 bits per heavy atom. The number of hydrogen-bond acceptors (Lipinski definition) is 1. The molecule has 0 bridgehead atoms. The van der Waals surface area contributed by atoms with Gasteiger partial charge >= 0.3 is 0 Å². The molecule has 1 aromatic carbocycles. The van der Waals surface area contributed by atoms with E-state index in [0.717, 1.165) is 25.8 Å². The summed E-state index contributed by atoms with van der Waals surface area (Å²) >= 11 is 0. The van der Waals surface area contributed by atoms with Gasteiger partial charge < -0.3 is 5.73 Å². The summed E-state index contributed by atoms with van der Waals surface area (Å²) in [6.45, 7) is 0.752. The molecule has 0 unspecified atom stereocenters. The summed E-state index contributed by atoms with van der Waals surface area (Å²) in [5, 5.41) is 0. The molecule has 0 saturated heterocycles. The van der Waals surface area contributed by atoms with Crippen molar-refractivity contribution in [3.05, 3.63) is 48.0 Å². The van der Waals surface area contributed by atoms with Crippen molar-refractivity contribution >= 4 is 0 Å². The van der Waals surface area contributed by atoms with Crippen molar-refractivity contribution < 1.29 is 0 Å². The van der Waals surface area contributed by atoms with E-state index in [0.29, 0.717) is 0 Å². The van der Waals surface area contributed by atoms with Gasteiger partial charge in [0, 0.05) is 0 Å². The molecule has 1 rings (SSSR count). The molecule has 0 aliphatic heterocycles. The van der Waals surface area contributed by atoms with E-state index in [-0.39, 0.29) is 0 Å². The number of nitrogens with two attached hydrogens (primary N) is 1. The highest BCUT2D eigenvalue weighted by Gasteiger charge is 1.87. The minimum atomic E-state index is 0.752. The predicted molar refractivity (Wildman–Crippen MR) is 57.6 cm³/mol. The van der Waals surface area contributed by atoms with E-state index >= 15 is 0 Å². The van der Waals surface area contributed by atoms with Gasteiger partial charge in [0.15, 0.2) is 0 Å². The summed E-state index contributed by atoms with van der Waals surface area (Å²) in [7, 11) is 0. The van der Waals surface area contributed by atoms with Crippen LogP contribution in [0.15, 0.2) is 42.5 Å². The first kappa shape index (κ1) is 10.0. The van der Waals surface area contributed by atoms with Crippen LogP contribution in [0.5, 0.6) is 0 Å². The van der Waals surface area contributed by atoms with E-state index in [1.54, 1.807) is 0 Å². The third-order valence-electron chi connectivity index (χ3n) is 1.94. The van der Waals surface area contributed by atoms with Gasteiger partial charge in [0.2, 0.25) is 0 Å². The van der Waals surface area contributed by atoms with Gasteiger partial charge in [0.1, 0.15) is 0 Å². The Morgan fingerprint density at radius 2 is 1.69 bits per heavy atom. The molecule has 0 radical (unpaired) electrons. The van der Waals surface area contributed by atoms with E-state index in [1.807, 2.05) is 6.07 Å². The number of benzene rings is 1. The topological polar surface area (TPSA) is 26.0 Å². The lowest BCUT2D eigenvalue weighted by Gasteiger charge is -1.95. The largest absolute Gasteiger partial charge is 0.330 e. The van der Waals surface area contributed by atoms with Gasteiger partial charge in [-0.2, -0.15) is 0 Å². The van der Waals surface area contributed by atoms with Crippen molar-refractivity contribution in [2.75, 3.05) is 6.54 Å². The van der Waals surface area contributed by atoms with Crippen LogP contribution in [0.25, 0.3) is 0 Å². The first-order valence-corrected chi connectivity index (χ1v) is 4.82. The molecule has 70 valence electrons. The normalized spacial score (nSPS) is 10.8. The smallest absolute Gasteiger partial charge is 0.00426 e. The zero-order valence-corrected chi connectivity index (χ0v) is 7.95. The Balaban J connectivity index is 2.20. The molecule has 0 aliphatic carbocycles. The highest BCUT2D eigenvalue weighted by atomic mass is 14.5. The minimum absolute atomic E-state index is 0.752. The average Bonchev–Trinajstić information content (AvgIpc) is 2.19. The third-order valence-corrected chi connectivity index (χ3v) is 1.94. The van der Waals surface area contributed by atoms with Crippen molar-refractivity contribution in [1.82, 2.24) is 0 Å². The molecular formula is C12H17N. The maximum atomic E-state index is 5.37. The second-order valence-corrected chi connectivity index (χ2v) is 3.07. The number of aryl methyl sites for hydroxylation is 1. The van der Waals surface area contributed by atoms with E-state index in [4.69, 9.17) is 5.73 Å². The average molecular weight is 175 g/mol. The van der Waals surface area contributed by atoms with E-state index in [1.165, 1.54) is 5.56 Å². The molecule has 0 fully saturated rings. The predicted octanol–water partition coefficient (Wildman–Crippen LogP) is 2.52. The zero-order chi connectivity index (χ0) is 9.36. The van der Waals surface area contributed by atoms with E-state index in [9.17, 15) is 0 Å². The molecule has 0 heterocycles. The molecule has 0 spiro atoms. The van der Waals surface area contributed by atoms with E-state index in [2.05, 4.69) is 36.4 Å². The summed E-state index contributed by atoms with van der Waals surface area (Å²) in [4.78, 5) is 0. The van der Waals surface area contributed by atoms with Crippen LogP contribution in [-0.4, -0.2) is 6.54 Å². The molecular weight excluding hydrogens is 158 g/mol. The van der Waals surface area contributed by atoms with Crippen molar-refractivity contribution in [3.8, 4) is 0 Å². The SMILES string of the molecule is NCC/C=C/CCc1ccccc1. The minimum Gasteiger partial charge on any atom is -0.330 e. The molecule has 0 amide bonds. The second-order valence-electron chi connectivity index (χ2n) is 3.07. The highest BCUT2D eigenvalue weighted by molar-refractivity contribution is 5.15. The van der Waals surface area contributed by atoms with Gasteiger partial charge in [-0.15, -0.1) is 0 Å². The van der Waals surface area contributed by atoms with Crippen molar-refractivity contribution in [3.63, 3.8) is 0 Å². The van der Waals surface area contributed by atoms with E-state index < -0.39 is 0 Å². The van der Waals surface area contributed by atoms with Crippen molar-refractivity contribution in [2.45, 2.75) is 19.3 Å². The fourth-order valence-electron chi connectivity index (χ4n) is 1.23. The Labute approximate surface area is 80.3 Å². The molecule has 2 N–H and O–H groups in total. The molecule has 0 atom stereocenters. The fraction of sp³-hybridized carbons (Fsp3) is 0.333. The van der Waals surface area contributed by atoms with Crippen molar-refractivity contribution in [2.24, 2.45) is 5.73 Å². The fourth-order valence-corrected chi connectivity index (χ4v) is 1.23. The Bertz CT molecular complexity index is 239. The van der Waals surface area contributed by atoms with Crippen LogP contribution in [-0.2, 0) is 6.42 Å². The molecule has 0 saturated carbocycles. The second kappa shape index (κ2) is 6.44. The number of hydrogen-bond donors (Lipinski definition) is 1. The molecule has 1 nitrogen and oxygen atoms in total. The lowest BCUT2D eigenvalue weighted by molar-refractivity contribution is 0.965. The van der Waals surface area contributed by atoms with Crippen LogP contribution in [0, 0.1) is 0 Å². The van der Waals surface area contributed by atoms with Crippen LogP contribution in [0.2, 0.25) is 0 Å². The summed E-state index contributed by atoms with van der Waals surface area (Å²) in [5.41, 5.74) is 6.77. The number of allylic oxidation sites excluding steroid dienone is 1. The zero-order valence-electron chi connectivity index (χ0n) is 7.95. The summed E-state index contributed by atoms with van der Waals surface area (Å²) in [6, 6.07) is 10.5. The summed E-state index contributed by atoms with van der Waals surface area (Å²) < 4.78 is 0. The summed E-state index contributed by atoms with van der Waals surface area (Å²) in [6.07, 6.45) is 7.60. The molecule has 1 heteroatoms. The van der Waals surface area contributed by atoms with Crippen LogP contribution in [0.1, 0.15) is 18.4 Å². The Kier molecular flexibility index (Phi) is 4.95. The van der Waals surface area contributed by atoms with Crippen molar-refractivity contribution in [1.29, 1.82) is 0 Å². The molecule has 0 aromatic heterocycles. The molecule has 1 aromatic rings. The summed E-state index contributed by atoms with van der Waals surface area (Å²) in [5.74, 6) is 0. The third kappa shape index (κ3) is 4.48. The van der Waals surface area contributed by atoms with Gasteiger partial charge in [-0.1, -0.05) is 42.5 Å². The highest BCUT2D eigenvalue weighted by Crippen LogP contribution is 2.02. The Hall–Kier alpha value is -1.08.